The molecule has 0 aliphatic carbocycles. The van der Waals surface area contributed by atoms with Gasteiger partial charge in [0.05, 0.1) is 9.36 Å². The third kappa shape index (κ3) is 8.07. The van der Waals surface area contributed by atoms with E-state index >= 15 is 0 Å². The summed E-state index contributed by atoms with van der Waals surface area (Å²) in [5, 5.41) is 6.21. The number of esters is 1. The molecule has 2 aromatic rings. The number of hydrogen-bond acceptors (Lipinski definition) is 7. The summed E-state index contributed by atoms with van der Waals surface area (Å²) in [7, 11) is 0. The molecule has 10 heteroatoms. The molecule has 2 aliphatic heterocycles. The summed E-state index contributed by atoms with van der Waals surface area (Å²) >= 11 is 4.82. The van der Waals surface area contributed by atoms with E-state index in [2.05, 4.69) is 52.3 Å². The summed E-state index contributed by atoms with van der Waals surface area (Å²) in [6.45, 7) is 12.2. The van der Waals surface area contributed by atoms with Gasteiger partial charge in [-0.1, -0.05) is 45.0 Å². The summed E-state index contributed by atoms with van der Waals surface area (Å²) in [6, 6.07) is 10.1. The number of hydrogen-bond donors (Lipinski definition) is 2. The van der Waals surface area contributed by atoms with Gasteiger partial charge >= 0.3 is 5.97 Å². The Kier molecular flexibility index (Phi) is 9.43. The van der Waals surface area contributed by atoms with E-state index in [0.29, 0.717) is 24.3 Å². The second-order valence-electron chi connectivity index (χ2n) is 12.5. The first-order chi connectivity index (χ1) is 19.2. The van der Waals surface area contributed by atoms with Crippen LogP contribution in [0, 0.1) is 0 Å². The Hall–Kier alpha value is -2.98. The number of halogens is 1. The monoisotopic (exact) mass is 642 g/mol. The molecule has 1 fully saturated rings. The van der Waals surface area contributed by atoms with Gasteiger partial charge in [0, 0.05) is 30.3 Å². The number of amides is 2. The molecule has 2 N–H and O–H groups in total. The van der Waals surface area contributed by atoms with E-state index in [1.165, 1.54) is 11.3 Å². The first-order valence-corrected chi connectivity index (χ1v) is 15.5. The zero-order valence-corrected chi connectivity index (χ0v) is 26.9. The predicted octanol–water partition coefficient (Wildman–Crippen LogP) is 5.63. The van der Waals surface area contributed by atoms with E-state index < -0.39 is 23.7 Å². The van der Waals surface area contributed by atoms with E-state index in [9.17, 15) is 14.4 Å². The van der Waals surface area contributed by atoms with Gasteiger partial charge in [-0.2, -0.15) is 0 Å². The second-order valence-corrected chi connectivity index (χ2v) is 14.5. The molecule has 0 radical (unpaired) electrons. The second kappa shape index (κ2) is 12.5. The van der Waals surface area contributed by atoms with Gasteiger partial charge in [-0.05, 0) is 78.2 Å². The Bertz CT molecular complexity index is 1340. The molecule has 0 bridgehead atoms. The minimum absolute atomic E-state index is 0.0839. The van der Waals surface area contributed by atoms with Crippen molar-refractivity contribution in [2.24, 2.45) is 4.99 Å². The molecule has 3 atom stereocenters. The van der Waals surface area contributed by atoms with E-state index in [0.717, 1.165) is 20.5 Å². The Morgan fingerprint density at radius 3 is 2.41 bits per heavy atom. The highest BCUT2D eigenvalue weighted by molar-refractivity contribution is 9.12. The number of carbonyl (C=O) groups is 3. The molecule has 0 spiro atoms. The number of ether oxygens (including phenoxy) is 1. The van der Waals surface area contributed by atoms with Crippen LogP contribution in [-0.2, 0) is 26.2 Å². The van der Waals surface area contributed by atoms with E-state index in [1.54, 1.807) is 17.2 Å². The molecular weight excluding hydrogens is 604 g/mol. The summed E-state index contributed by atoms with van der Waals surface area (Å²) < 4.78 is 6.49. The Morgan fingerprint density at radius 1 is 1.12 bits per heavy atom. The Morgan fingerprint density at radius 2 is 1.83 bits per heavy atom. The smallest absolute Gasteiger partial charge is 0.329 e. The van der Waals surface area contributed by atoms with Crippen molar-refractivity contribution in [2.75, 3.05) is 6.54 Å². The molecule has 220 valence electrons. The number of nitrogens with zero attached hydrogens (tertiary/aromatic N) is 2. The largest absolute Gasteiger partial charge is 0.458 e. The van der Waals surface area contributed by atoms with Crippen LogP contribution in [0.15, 0.2) is 52.1 Å². The van der Waals surface area contributed by atoms with Crippen molar-refractivity contribution in [3.05, 3.63) is 68.0 Å². The van der Waals surface area contributed by atoms with Crippen LogP contribution in [0.1, 0.15) is 86.2 Å². The zero-order valence-electron chi connectivity index (χ0n) is 24.5. The first-order valence-electron chi connectivity index (χ1n) is 13.9. The lowest BCUT2D eigenvalue weighted by Crippen LogP contribution is -2.53. The van der Waals surface area contributed by atoms with Gasteiger partial charge in [0.2, 0.25) is 5.91 Å². The number of rotatable bonds is 7. The van der Waals surface area contributed by atoms with Gasteiger partial charge in [0.25, 0.3) is 5.91 Å². The van der Waals surface area contributed by atoms with E-state index in [1.807, 2.05) is 57.3 Å². The van der Waals surface area contributed by atoms with Crippen molar-refractivity contribution in [1.29, 1.82) is 0 Å². The maximum absolute atomic E-state index is 14.0. The highest BCUT2D eigenvalue weighted by Crippen LogP contribution is 2.30. The number of nitrogens with one attached hydrogen (secondary N) is 2. The summed E-state index contributed by atoms with van der Waals surface area (Å²) in [4.78, 5) is 48.0. The fraction of sp³-hybridized carbons (Fsp3) is 0.484. The molecule has 8 nitrogen and oxygen atoms in total. The summed E-state index contributed by atoms with van der Waals surface area (Å²) in [5.41, 5.74) is 1.13. The highest BCUT2D eigenvalue weighted by Gasteiger charge is 2.40. The third-order valence-corrected chi connectivity index (χ3v) is 8.79. The van der Waals surface area contributed by atoms with Gasteiger partial charge in [0.15, 0.2) is 0 Å². The fourth-order valence-corrected chi connectivity index (χ4v) is 5.99. The van der Waals surface area contributed by atoms with Crippen LogP contribution in [0.3, 0.4) is 0 Å². The summed E-state index contributed by atoms with van der Waals surface area (Å²) in [6.07, 6.45) is 4.93. The van der Waals surface area contributed by atoms with Gasteiger partial charge < -0.3 is 20.3 Å². The lowest BCUT2D eigenvalue weighted by atomic mass is 9.95. The average Bonchev–Trinajstić information content (AvgIpc) is 3.58. The van der Waals surface area contributed by atoms with Crippen LogP contribution in [0.2, 0.25) is 0 Å². The maximum atomic E-state index is 14.0. The van der Waals surface area contributed by atoms with E-state index in [4.69, 9.17) is 4.74 Å². The number of benzene rings is 1. The molecule has 2 aliphatic rings. The number of allylic oxidation sites excluding steroid dienone is 1. The minimum Gasteiger partial charge on any atom is -0.458 e. The van der Waals surface area contributed by atoms with Crippen LogP contribution in [0.5, 0.6) is 0 Å². The van der Waals surface area contributed by atoms with Crippen molar-refractivity contribution in [2.45, 2.75) is 90.1 Å². The lowest BCUT2D eigenvalue weighted by molar-refractivity contribution is -0.163. The summed E-state index contributed by atoms with van der Waals surface area (Å²) in [5.74, 6) is -0.990. The zero-order chi connectivity index (χ0) is 29.9. The van der Waals surface area contributed by atoms with Crippen molar-refractivity contribution in [1.82, 2.24) is 15.5 Å². The van der Waals surface area contributed by atoms with Crippen molar-refractivity contribution in [3.8, 4) is 0 Å². The standard InChI is InChI=1S/C31H39BrN4O4S/c1-30(2,3)25-14-13-24(41-25)27(37)35-22(28(38)36-15-7-8-23(36)29(39)40-31(4,5)6)16-19-9-11-20(12-10-19)26-33-17-21(32)18-34-26/h9-14,17-18,22-23,26,33H,7-8,15-16H2,1-6H3,(H,35,37)/t22-,23-,26?/m0/s1. The predicted molar refractivity (Wildman–Crippen MR) is 166 cm³/mol. The number of likely N-dealkylation sites (tertiary alicyclic amines) is 1. The van der Waals surface area contributed by atoms with Crippen LogP contribution in [0.25, 0.3) is 0 Å². The van der Waals surface area contributed by atoms with E-state index in [-0.39, 0.29) is 29.8 Å². The third-order valence-electron chi connectivity index (χ3n) is 6.85. The Labute approximate surface area is 254 Å². The van der Waals surface area contributed by atoms with Gasteiger partial charge in [-0.15, -0.1) is 11.3 Å². The number of thiophene rings is 1. The van der Waals surface area contributed by atoms with Crippen molar-refractivity contribution in [3.63, 3.8) is 0 Å². The minimum atomic E-state index is -0.846. The molecular formula is C31H39BrN4O4S. The quantitative estimate of drug-likeness (QED) is 0.382. The molecule has 1 aromatic carbocycles. The van der Waals surface area contributed by atoms with Crippen LogP contribution < -0.4 is 10.6 Å². The number of carbonyl (C=O) groups excluding carboxylic acids is 3. The van der Waals surface area contributed by atoms with Crippen LogP contribution in [-0.4, -0.2) is 53.1 Å². The fourth-order valence-electron chi connectivity index (χ4n) is 4.78. The normalized spacial score (nSPS) is 19.8. The molecule has 1 saturated heterocycles. The molecule has 41 heavy (non-hydrogen) atoms. The lowest BCUT2D eigenvalue weighted by Gasteiger charge is -2.30. The van der Waals surface area contributed by atoms with Gasteiger partial charge in [-0.3, -0.25) is 14.6 Å². The maximum Gasteiger partial charge on any atom is 0.329 e. The van der Waals surface area contributed by atoms with Crippen LogP contribution >= 0.6 is 27.3 Å². The number of aliphatic imine (C=N–C) groups is 1. The average molecular weight is 644 g/mol. The van der Waals surface area contributed by atoms with Crippen molar-refractivity contribution < 1.29 is 19.1 Å². The van der Waals surface area contributed by atoms with Gasteiger partial charge in [0.1, 0.15) is 23.9 Å². The molecule has 0 saturated carbocycles. The SMILES string of the molecule is CC(C)(C)OC(=O)[C@@H]1CCCN1C(=O)[C@H](Cc1ccc(C2N=CC(Br)=CN2)cc1)NC(=O)c1ccc(C(C)(C)C)s1. The molecule has 2 amide bonds. The Balaban J connectivity index is 1.55. The topological polar surface area (TPSA) is 100 Å². The molecule has 3 heterocycles. The van der Waals surface area contributed by atoms with Crippen LogP contribution in [0.4, 0.5) is 0 Å². The van der Waals surface area contributed by atoms with Crippen molar-refractivity contribution >= 4 is 51.3 Å². The van der Waals surface area contributed by atoms with Gasteiger partial charge in [-0.25, -0.2) is 4.79 Å². The molecule has 1 unspecified atom stereocenters. The first kappa shape index (κ1) is 31.0. The molecule has 4 rings (SSSR count). The molecule has 1 aromatic heterocycles. The highest BCUT2D eigenvalue weighted by atomic mass is 79.9.